The number of hydrogen-bond donors (Lipinski definition) is 2. The minimum absolute atomic E-state index is 0.00795. The zero-order chi connectivity index (χ0) is 18.8. The van der Waals surface area contributed by atoms with Gasteiger partial charge in [-0.15, -0.1) is 0 Å². The lowest BCUT2D eigenvalue weighted by Gasteiger charge is -2.28. The predicted octanol–water partition coefficient (Wildman–Crippen LogP) is 2.35. The molecule has 0 unspecified atom stereocenters. The molecule has 0 radical (unpaired) electrons. The molecule has 26 heavy (non-hydrogen) atoms. The van der Waals surface area contributed by atoms with Crippen LogP contribution in [0, 0.1) is 0 Å². The summed E-state index contributed by atoms with van der Waals surface area (Å²) in [6.45, 7) is 2.82. The molecule has 0 aromatic heterocycles. The average molecular weight is 353 g/mol. The first-order valence-corrected chi connectivity index (χ1v) is 8.95. The summed E-state index contributed by atoms with van der Waals surface area (Å²) in [5.74, 6) is -0.332. The molecule has 0 atom stereocenters. The lowest BCUT2D eigenvalue weighted by Crippen LogP contribution is -2.42. The fraction of sp³-hybridized carbons (Fsp3) is 0.333. The first-order valence-electron chi connectivity index (χ1n) is 8.95. The summed E-state index contributed by atoms with van der Waals surface area (Å²) in [7, 11) is 1.92. The molecule has 0 saturated heterocycles. The van der Waals surface area contributed by atoms with E-state index in [1.165, 1.54) is 0 Å². The Balaban J connectivity index is 2.02. The molecule has 2 amide bonds. The summed E-state index contributed by atoms with van der Waals surface area (Å²) < 4.78 is 0. The molecule has 0 heterocycles. The molecule has 2 aromatic carbocycles. The minimum atomic E-state index is -0.170. The van der Waals surface area contributed by atoms with Crippen LogP contribution in [-0.2, 0) is 9.59 Å². The number of rotatable bonds is 9. The highest BCUT2D eigenvalue weighted by Gasteiger charge is 2.21. The Morgan fingerprint density at radius 1 is 0.885 bits per heavy atom. The summed E-state index contributed by atoms with van der Waals surface area (Å²) in [6.07, 6.45) is 0.873. The standard InChI is InChI=1S/C21H27N3O2/c1-3-14-22-19(25)15-23-20(26)16-24(2)21(17-10-6-4-7-11-17)18-12-8-5-9-13-18/h4-13,21H,3,14-16H2,1-2H3,(H,22,25)(H,23,26). The molecule has 138 valence electrons. The van der Waals surface area contributed by atoms with Crippen molar-refractivity contribution < 1.29 is 9.59 Å². The van der Waals surface area contributed by atoms with Crippen molar-refractivity contribution in [2.45, 2.75) is 19.4 Å². The molecule has 0 aliphatic heterocycles. The maximum Gasteiger partial charge on any atom is 0.239 e. The number of nitrogens with zero attached hydrogens (tertiary/aromatic N) is 1. The summed E-state index contributed by atoms with van der Waals surface area (Å²) >= 11 is 0. The van der Waals surface area contributed by atoms with E-state index in [4.69, 9.17) is 0 Å². The number of hydrogen-bond acceptors (Lipinski definition) is 3. The Morgan fingerprint density at radius 2 is 1.42 bits per heavy atom. The second kappa shape index (κ2) is 10.4. The zero-order valence-corrected chi connectivity index (χ0v) is 15.4. The molecule has 0 saturated carbocycles. The van der Waals surface area contributed by atoms with Gasteiger partial charge < -0.3 is 10.6 Å². The fourth-order valence-corrected chi connectivity index (χ4v) is 2.85. The summed E-state index contributed by atoms with van der Waals surface area (Å²) in [5.41, 5.74) is 2.24. The van der Waals surface area contributed by atoms with E-state index >= 15 is 0 Å². The molecule has 0 aliphatic carbocycles. The molecule has 2 rings (SSSR count). The lowest BCUT2D eigenvalue weighted by molar-refractivity contribution is -0.126. The lowest BCUT2D eigenvalue weighted by atomic mass is 9.97. The first kappa shape index (κ1) is 19.7. The van der Waals surface area contributed by atoms with Crippen molar-refractivity contribution in [2.24, 2.45) is 0 Å². The number of likely N-dealkylation sites (N-methyl/N-ethyl adjacent to an activating group) is 1. The van der Waals surface area contributed by atoms with Gasteiger partial charge >= 0.3 is 0 Å². The topological polar surface area (TPSA) is 61.4 Å². The van der Waals surface area contributed by atoms with Crippen molar-refractivity contribution in [1.82, 2.24) is 15.5 Å². The normalized spacial score (nSPS) is 10.8. The van der Waals surface area contributed by atoms with Crippen LogP contribution in [0.25, 0.3) is 0 Å². The third kappa shape index (κ3) is 6.01. The second-order valence-electron chi connectivity index (χ2n) is 6.27. The van der Waals surface area contributed by atoms with Crippen LogP contribution in [0.4, 0.5) is 0 Å². The second-order valence-corrected chi connectivity index (χ2v) is 6.27. The summed E-state index contributed by atoms with van der Waals surface area (Å²) in [6, 6.07) is 20.2. The number of benzene rings is 2. The van der Waals surface area contributed by atoms with Crippen molar-refractivity contribution in [3.63, 3.8) is 0 Å². The van der Waals surface area contributed by atoms with Gasteiger partial charge in [-0.25, -0.2) is 0 Å². The highest BCUT2D eigenvalue weighted by Crippen LogP contribution is 2.27. The Kier molecular flexibility index (Phi) is 7.83. The molecule has 2 aromatic rings. The van der Waals surface area contributed by atoms with Gasteiger partial charge in [0.05, 0.1) is 19.1 Å². The van der Waals surface area contributed by atoms with Crippen molar-refractivity contribution >= 4 is 11.8 Å². The van der Waals surface area contributed by atoms with Crippen molar-refractivity contribution in [1.29, 1.82) is 0 Å². The van der Waals surface area contributed by atoms with Crippen LogP contribution < -0.4 is 10.6 Å². The molecule has 0 bridgehead atoms. The van der Waals surface area contributed by atoms with E-state index in [0.29, 0.717) is 6.54 Å². The number of nitrogens with one attached hydrogen (secondary N) is 2. The van der Waals surface area contributed by atoms with Crippen LogP contribution in [0.2, 0.25) is 0 Å². The predicted molar refractivity (Wildman–Crippen MR) is 104 cm³/mol. The van der Waals surface area contributed by atoms with Crippen molar-refractivity contribution in [3.8, 4) is 0 Å². The largest absolute Gasteiger partial charge is 0.355 e. The van der Waals surface area contributed by atoms with Crippen LogP contribution in [0.3, 0.4) is 0 Å². The molecular formula is C21H27N3O2. The highest BCUT2D eigenvalue weighted by molar-refractivity contribution is 5.85. The van der Waals surface area contributed by atoms with E-state index in [2.05, 4.69) is 34.9 Å². The van der Waals surface area contributed by atoms with Gasteiger partial charge in [0.25, 0.3) is 0 Å². The molecule has 2 N–H and O–H groups in total. The Morgan fingerprint density at radius 3 is 1.92 bits per heavy atom. The maximum atomic E-state index is 12.3. The fourth-order valence-electron chi connectivity index (χ4n) is 2.85. The Labute approximate surface area is 155 Å². The van der Waals surface area contributed by atoms with Gasteiger partial charge in [-0.05, 0) is 24.6 Å². The first-order chi connectivity index (χ1) is 12.6. The van der Waals surface area contributed by atoms with E-state index in [-0.39, 0.29) is 30.9 Å². The van der Waals surface area contributed by atoms with Gasteiger partial charge in [0.2, 0.25) is 11.8 Å². The average Bonchev–Trinajstić information content (AvgIpc) is 2.66. The van der Waals surface area contributed by atoms with E-state index < -0.39 is 0 Å². The summed E-state index contributed by atoms with van der Waals surface area (Å²) in [5, 5.41) is 5.44. The third-order valence-electron chi connectivity index (χ3n) is 4.08. The van der Waals surface area contributed by atoms with E-state index in [0.717, 1.165) is 17.5 Å². The van der Waals surface area contributed by atoms with Crippen molar-refractivity contribution in [2.75, 3.05) is 26.7 Å². The molecule has 0 aliphatic rings. The van der Waals surface area contributed by atoms with Crippen molar-refractivity contribution in [3.05, 3.63) is 71.8 Å². The van der Waals surface area contributed by atoms with Crippen LogP contribution in [0.5, 0.6) is 0 Å². The highest BCUT2D eigenvalue weighted by atomic mass is 16.2. The molecule has 0 fully saturated rings. The van der Waals surface area contributed by atoms with Gasteiger partial charge in [-0.1, -0.05) is 67.6 Å². The number of carbonyl (C=O) groups is 2. The quantitative estimate of drug-likeness (QED) is 0.727. The number of carbonyl (C=O) groups excluding carboxylic acids is 2. The Hall–Kier alpha value is -2.66. The molecule has 5 nitrogen and oxygen atoms in total. The SMILES string of the molecule is CCCNC(=O)CNC(=O)CN(C)C(c1ccccc1)c1ccccc1. The van der Waals surface area contributed by atoms with Crippen LogP contribution >= 0.6 is 0 Å². The third-order valence-corrected chi connectivity index (χ3v) is 4.08. The van der Waals surface area contributed by atoms with Crippen LogP contribution in [0.1, 0.15) is 30.5 Å². The molecule has 5 heteroatoms. The summed E-state index contributed by atoms with van der Waals surface area (Å²) in [4.78, 5) is 25.9. The van der Waals surface area contributed by atoms with Gasteiger partial charge in [0.15, 0.2) is 0 Å². The van der Waals surface area contributed by atoms with Crippen LogP contribution in [0.15, 0.2) is 60.7 Å². The zero-order valence-electron chi connectivity index (χ0n) is 15.4. The van der Waals surface area contributed by atoms with Gasteiger partial charge in [-0.2, -0.15) is 0 Å². The molecular weight excluding hydrogens is 326 g/mol. The minimum Gasteiger partial charge on any atom is -0.355 e. The van der Waals surface area contributed by atoms with Gasteiger partial charge in [-0.3, -0.25) is 14.5 Å². The van der Waals surface area contributed by atoms with E-state index in [9.17, 15) is 9.59 Å². The van der Waals surface area contributed by atoms with Gasteiger partial charge in [0, 0.05) is 6.54 Å². The van der Waals surface area contributed by atoms with E-state index in [1.807, 2.05) is 55.3 Å². The van der Waals surface area contributed by atoms with Gasteiger partial charge in [0.1, 0.15) is 0 Å². The van der Waals surface area contributed by atoms with Crippen LogP contribution in [-0.4, -0.2) is 43.4 Å². The van der Waals surface area contributed by atoms with E-state index in [1.54, 1.807) is 0 Å². The smallest absolute Gasteiger partial charge is 0.239 e. The number of amides is 2. The maximum absolute atomic E-state index is 12.3. The monoisotopic (exact) mass is 353 g/mol. The Bertz CT molecular complexity index is 649. The molecule has 0 spiro atoms.